The van der Waals surface area contributed by atoms with Gasteiger partial charge in [0.15, 0.2) is 0 Å². The zero-order valence-electron chi connectivity index (χ0n) is 12.1. The van der Waals surface area contributed by atoms with Crippen LogP contribution in [-0.2, 0) is 12.8 Å². The lowest BCUT2D eigenvalue weighted by Crippen LogP contribution is -2.22. The number of aryl methyl sites for hydroxylation is 2. The molecule has 2 heteroatoms. The number of benzene rings is 1. The molecule has 0 saturated carbocycles. The van der Waals surface area contributed by atoms with Crippen molar-refractivity contribution >= 4 is 11.3 Å². The van der Waals surface area contributed by atoms with E-state index in [-0.39, 0.29) is 0 Å². The van der Waals surface area contributed by atoms with Crippen LogP contribution in [0, 0.1) is 6.92 Å². The molecule has 1 N–H and O–H groups in total. The Balaban J connectivity index is 2.15. The van der Waals surface area contributed by atoms with E-state index in [4.69, 9.17) is 0 Å². The molecule has 0 saturated heterocycles. The molecule has 19 heavy (non-hydrogen) atoms. The van der Waals surface area contributed by atoms with Gasteiger partial charge in [-0.3, -0.25) is 0 Å². The first-order valence-electron chi connectivity index (χ1n) is 7.10. The molecule has 0 aliphatic heterocycles. The summed E-state index contributed by atoms with van der Waals surface area (Å²) in [6.45, 7) is 7.57. The molecule has 0 aliphatic rings. The number of hydrogen-bond donors (Lipinski definition) is 1. The Morgan fingerprint density at radius 1 is 1.16 bits per heavy atom. The van der Waals surface area contributed by atoms with Gasteiger partial charge in [0.2, 0.25) is 0 Å². The maximum atomic E-state index is 3.61. The monoisotopic (exact) mass is 273 g/mol. The zero-order chi connectivity index (χ0) is 13.7. The third kappa shape index (κ3) is 3.92. The molecular formula is C17H23NS. The van der Waals surface area contributed by atoms with Crippen molar-refractivity contribution in [1.29, 1.82) is 0 Å². The van der Waals surface area contributed by atoms with E-state index in [0.717, 1.165) is 19.4 Å². The summed E-state index contributed by atoms with van der Waals surface area (Å²) in [5, 5.41) is 3.61. The smallest absolute Gasteiger partial charge is 0.0455 e. The highest BCUT2D eigenvalue weighted by Gasteiger charge is 2.13. The van der Waals surface area contributed by atoms with Crippen molar-refractivity contribution in [3.63, 3.8) is 0 Å². The van der Waals surface area contributed by atoms with Crippen LogP contribution in [0.3, 0.4) is 0 Å². The minimum absolute atomic E-state index is 0.442. The molecule has 0 radical (unpaired) electrons. The summed E-state index contributed by atoms with van der Waals surface area (Å²) in [6, 6.07) is 13.8. The Labute approximate surface area is 120 Å². The van der Waals surface area contributed by atoms with Crippen molar-refractivity contribution in [2.45, 2.75) is 39.7 Å². The second-order valence-corrected chi connectivity index (χ2v) is 6.16. The van der Waals surface area contributed by atoms with Crippen molar-refractivity contribution < 1.29 is 0 Å². The van der Waals surface area contributed by atoms with E-state index >= 15 is 0 Å². The van der Waals surface area contributed by atoms with Gasteiger partial charge in [-0.1, -0.05) is 43.7 Å². The van der Waals surface area contributed by atoms with E-state index in [0.29, 0.717) is 6.04 Å². The van der Waals surface area contributed by atoms with E-state index in [1.165, 1.54) is 20.9 Å². The van der Waals surface area contributed by atoms with Crippen molar-refractivity contribution in [1.82, 2.24) is 5.32 Å². The molecule has 102 valence electrons. The Bertz CT molecular complexity index is 515. The third-order valence-corrected chi connectivity index (χ3v) is 4.69. The highest BCUT2D eigenvalue weighted by Crippen LogP contribution is 2.26. The van der Waals surface area contributed by atoms with E-state index in [1.807, 2.05) is 11.3 Å². The molecule has 2 rings (SSSR count). The molecule has 1 aromatic carbocycles. The number of likely N-dealkylation sites (N-methyl/N-ethyl adjacent to an activating group) is 1. The van der Waals surface area contributed by atoms with Crippen LogP contribution in [-0.4, -0.2) is 6.54 Å². The molecule has 0 aliphatic carbocycles. The summed E-state index contributed by atoms with van der Waals surface area (Å²) in [7, 11) is 0. The first-order valence-corrected chi connectivity index (χ1v) is 7.92. The number of thiophene rings is 1. The second-order valence-electron chi connectivity index (χ2n) is 4.96. The largest absolute Gasteiger partial charge is 0.309 e. The standard InChI is InChI=1S/C17H23NS/c1-4-15-9-10-17(19-15)16(18-5-2)12-14-8-6-7-13(3)11-14/h6-11,16,18H,4-5,12H2,1-3H3. The minimum Gasteiger partial charge on any atom is -0.309 e. The van der Waals surface area contributed by atoms with Crippen LogP contribution in [0.15, 0.2) is 36.4 Å². The van der Waals surface area contributed by atoms with Gasteiger partial charge in [-0.2, -0.15) is 0 Å². The van der Waals surface area contributed by atoms with Gasteiger partial charge < -0.3 is 5.32 Å². The van der Waals surface area contributed by atoms with Crippen molar-refractivity contribution in [3.05, 3.63) is 57.3 Å². The topological polar surface area (TPSA) is 12.0 Å². The predicted octanol–water partition coefficient (Wildman–Crippen LogP) is 4.51. The fourth-order valence-corrected chi connectivity index (χ4v) is 3.39. The summed E-state index contributed by atoms with van der Waals surface area (Å²) in [5.41, 5.74) is 2.76. The fraction of sp³-hybridized carbons (Fsp3) is 0.412. The molecule has 0 bridgehead atoms. The van der Waals surface area contributed by atoms with E-state index in [9.17, 15) is 0 Å². The molecule has 0 fully saturated rings. The lowest BCUT2D eigenvalue weighted by molar-refractivity contribution is 0.558. The Kier molecular flexibility index (Phi) is 5.17. The zero-order valence-corrected chi connectivity index (χ0v) is 12.9. The summed E-state index contributed by atoms with van der Waals surface area (Å²) in [5.74, 6) is 0. The average molecular weight is 273 g/mol. The van der Waals surface area contributed by atoms with Crippen LogP contribution in [0.5, 0.6) is 0 Å². The van der Waals surface area contributed by atoms with Crippen LogP contribution in [0.4, 0.5) is 0 Å². The van der Waals surface area contributed by atoms with Crippen LogP contribution in [0.2, 0.25) is 0 Å². The summed E-state index contributed by atoms with van der Waals surface area (Å²) in [6.07, 6.45) is 2.20. The molecule has 1 unspecified atom stereocenters. The van der Waals surface area contributed by atoms with E-state index < -0.39 is 0 Å². The quantitative estimate of drug-likeness (QED) is 0.816. The van der Waals surface area contributed by atoms with Gasteiger partial charge in [0, 0.05) is 15.8 Å². The highest BCUT2D eigenvalue weighted by atomic mass is 32.1. The van der Waals surface area contributed by atoms with Crippen LogP contribution in [0.25, 0.3) is 0 Å². The van der Waals surface area contributed by atoms with Crippen LogP contribution < -0.4 is 5.32 Å². The average Bonchev–Trinajstić information content (AvgIpc) is 2.87. The SMILES string of the molecule is CCNC(Cc1cccc(C)c1)c1ccc(CC)s1. The first-order chi connectivity index (χ1) is 9.22. The molecular weight excluding hydrogens is 250 g/mol. The van der Waals surface area contributed by atoms with E-state index in [2.05, 4.69) is 62.5 Å². The maximum absolute atomic E-state index is 3.61. The number of rotatable bonds is 6. The molecule has 1 aromatic heterocycles. The van der Waals surface area contributed by atoms with Crippen LogP contribution >= 0.6 is 11.3 Å². The van der Waals surface area contributed by atoms with Gasteiger partial charge in [-0.05, 0) is 44.0 Å². The van der Waals surface area contributed by atoms with Crippen molar-refractivity contribution in [3.8, 4) is 0 Å². The molecule has 1 heterocycles. The highest BCUT2D eigenvalue weighted by molar-refractivity contribution is 7.12. The Hall–Kier alpha value is -1.12. The molecule has 0 spiro atoms. The van der Waals surface area contributed by atoms with Gasteiger partial charge in [-0.15, -0.1) is 11.3 Å². The second kappa shape index (κ2) is 6.88. The summed E-state index contributed by atoms with van der Waals surface area (Å²) in [4.78, 5) is 2.93. The number of hydrogen-bond acceptors (Lipinski definition) is 2. The van der Waals surface area contributed by atoms with Crippen molar-refractivity contribution in [2.24, 2.45) is 0 Å². The van der Waals surface area contributed by atoms with Crippen molar-refractivity contribution in [2.75, 3.05) is 6.54 Å². The molecule has 0 amide bonds. The molecule has 2 aromatic rings. The van der Waals surface area contributed by atoms with Crippen LogP contribution in [0.1, 0.15) is 40.8 Å². The van der Waals surface area contributed by atoms with Gasteiger partial charge in [0.05, 0.1) is 0 Å². The first kappa shape index (κ1) is 14.3. The fourth-order valence-electron chi connectivity index (χ4n) is 2.37. The number of nitrogens with one attached hydrogen (secondary N) is 1. The third-order valence-electron chi connectivity index (χ3n) is 3.35. The van der Waals surface area contributed by atoms with E-state index in [1.54, 1.807) is 0 Å². The molecule has 1 nitrogen and oxygen atoms in total. The predicted molar refractivity (Wildman–Crippen MR) is 85.0 cm³/mol. The Morgan fingerprint density at radius 3 is 2.63 bits per heavy atom. The van der Waals surface area contributed by atoms with Gasteiger partial charge >= 0.3 is 0 Å². The molecule has 1 atom stereocenters. The van der Waals surface area contributed by atoms with Gasteiger partial charge in [0.25, 0.3) is 0 Å². The Morgan fingerprint density at radius 2 is 2.00 bits per heavy atom. The van der Waals surface area contributed by atoms with Gasteiger partial charge in [-0.25, -0.2) is 0 Å². The maximum Gasteiger partial charge on any atom is 0.0455 e. The normalized spacial score (nSPS) is 12.6. The summed E-state index contributed by atoms with van der Waals surface area (Å²) >= 11 is 1.94. The van der Waals surface area contributed by atoms with Gasteiger partial charge in [0.1, 0.15) is 0 Å². The summed E-state index contributed by atoms with van der Waals surface area (Å²) < 4.78 is 0. The lowest BCUT2D eigenvalue weighted by Gasteiger charge is -2.17. The lowest BCUT2D eigenvalue weighted by atomic mass is 10.0. The minimum atomic E-state index is 0.442.